The van der Waals surface area contributed by atoms with Crippen molar-refractivity contribution >= 4 is 0 Å². The van der Waals surface area contributed by atoms with Gasteiger partial charge >= 0.3 is 6.36 Å². The molecule has 2 rings (SSSR count). The third-order valence-electron chi connectivity index (χ3n) is 4.25. The summed E-state index contributed by atoms with van der Waals surface area (Å²) in [6.45, 7) is 3.83. The molecule has 4 nitrogen and oxygen atoms in total. The Morgan fingerprint density at radius 1 is 0.909 bits per heavy atom. The van der Waals surface area contributed by atoms with Crippen molar-refractivity contribution in [3.8, 4) is 0 Å². The van der Waals surface area contributed by atoms with E-state index in [4.69, 9.17) is 4.74 Å². The zero-order valence-electron chi connectivity index (χ0n) is 12.8. The average molecular weight is 322 g/mol. The van der Waals surface area contributed by atoms with Crippen molar-refractivity contribution in [2.45, 2.75) is 82.4 Å². The zero-order chi connectivity index (χ0) is 16.0. The SMILES string of the molecule is C=C(NNC1CCC(OC(F)(F)F)CC1)OC1CCCCC1. The predicted molar refractivity (Wildman–Crippen MR) is 76.6 cm³/mol. The van der Waals surface area contributed by atoms with E-state index in [1.807, 2.05) is 0 Å². The van der Waals surface area contributed by atoms with Crippen LogP contribution in [0.25, 0.3) is 0 Å². The molecule has 22 heavy (non-hydrogen) atoms. The number of halogens is 3. The van der Waals surface area contributed by atoms with Gasteiger partial charge < -0.3 is 4.74 Å². The fraction of sp³-hybridized carbons (Fsp3) is 0.867. The molecule has 0 aromatic carbocycles. The van der Waals surface area contributed by atoms with Crippen LogP contribution in [-0.4, -0.2) is 24.6 Å². The molecule has 0 bridgehead atoms. The number of ether oxygens (including phenoxy) is 2. The van der Waals surface area contributed by atoms with E-state index < -0.39 is 12.5 Å². The molecule has 0 radical (unpaired) electrons. The topological polar surface area (TPSA) is 42.5 Å². The number of hydrogen-bond donors (Lipinski definition) is 2. The smallest absolute Gasteiger partial charge is 0.475 e. The van der Waals surface area contributed by atoms with Gasteiger partial charge in [-0.05, 0) is 57.9 Å². The molecule has 0 heterocycles. The van der Waals surface area contributed by atoms with Crippen LogP contribution in [0.2, 0.25) is 0 Å². The number of nitrogens with one attached hydrogen (secondary N) is 2. The summed E-state index contributed by atoms with van der Waals surface area (Å²) in [4.78, 5) is 0. The van der Waals surface area contributed by atoms with Crippen molar-refractivity contribution in [1.29, 1.82) is 0 Å². The largest absolute Gasteiger partial charge is 0.522 e. The summed E-state index contributed by atoms with van der Waals surface area (Å²) in [5, 5.41) is 0. The minimum absolute atomic E-state index is 0.111. The monoisotopic (exact) mass is 322 g/mol. The summed E-state index contributed by atoms with van der Waals surface area (Å²) in [5.74, 6) is 0.487. The molecule has 0 unspecified atom stereocenters. The Morgan fingerprint density at radius 3 is 2.14 bits per heavy atom. The number of hydrogen-bond acceptors (Lipinski definition) is 4. The van der Waals surface area contributed by atoms with Crippen molar-refractivity contribution in [3.63, 3.8) is 0 Å². The van der Waals surface area contributed by atoms with Crippen LogP contribution in [-0.2, 0) is 9.47 Å². The van der Waals surface area contributed by atoms with Crippen LogP contribution in [0.5, 0.6) is 0 Å². The summed E-state index contributed by atoms with van der Waals surface area (Å²) in [6, 6.07) is 0.111. The molecule has 2 saturated carbocycles. The summed E-state index contributed by atoms with van der Waals surface area (Å²) in [7, 11) is 0. The fourth-order valence-corrected chi connectivity index (χ4v) is 3.11. The highest BCUT2D eigenvalue weighted by molar-refractivity contribution is 4.83. The first-order valence-corrected chi connectivity index (χ1v) is 8.04. The first-order chi connectivity index (χ1) is 10.4. The maximum atomic E-state index is 12.1. The molecule has 0 aliphatic heterocycles. The summed E-state index contributed by atoms with van der Waals surface area (Å²) in [6.07, 6.45) is 2.78. The van der Waals surface area contributed by atoms with Gasteiger partial charge in [0.05, 0.1) is 6.10 Å². The highest BCUT2D eigenvalue weighted by atomic mass is 19.4. The van der Waals surface area contributed by atoms with Crippen molar-refractivity contribution in [1.82, 2.24) is 10.9 Å². The van der Waals surface area contributed by atoms with E-state index >= 15 is 0 Å². The second-order valence-electron chi connectivity index (χ2n) is 6.11. The first kappa shape index (κ1) is 17.4. The van der Waals surface area contributed by atoms with E-state index in [0.717, 1.165) is 12.8 Å². The van der Waals surface area contributed by atoms with Crippen LogP contribution in [0, 0.1) is 0 Å². The number of alkyl halides is 3. The highest BCUT2D eigenvalue weighted by Crippen LogP contribution is 2.28. The Hall–Kier alpha value is -0.950. The lowest BCUT2D eigenvalue weighted by molar-refractivity contribution is -0.345. The van der Waals surface area contributed by atoms with Crippen LogP contribution in [0.3, 0.4) is 0 Å². The Bertz CT molecular complexity index is 349. The summed E-state index contributed by atoms with van der Waals surface area (Å²) in [5.41, 5.74) is 6.02. The molecule has 0 saturated heterocycles. The van der Waals surface area contributed by atoms with E-state index in [0.29, 0.717) is 31.6 Å². The molecule has 0 atom stereocenters. The molecule has 2 N–H and O–H groups in total. The van der Waals surface area contributed by atoms with E-state index in [9.17, 15) is 13.2 Å². The van der Waals surface area contributed by atoms with Gasteiger partial charge in [-0.15, -0.1) is 13.2 Å². The maximum Gasteiger partial charge on any atom is 0.522 e. The lowest BCUT2D eigenvalue weighted by Gasteiger charge is -2.30. The lowest BCUT2D eigenvalue weighted by Crippen LogP contribution is -2.44. The fourth-order valence-electron chi connectivity index (χ4n) is 3.11. The second-order valence-corrected chi connectivity index (χ2v) is 6.11. The molecule has 0 aromatic heterocycles. The van der Waals surface area contributed by atoms with Crippen molar-refractivity contribution < 1.29 is 22.6 Å². The van der Waals surface area contributed by atoms with Gasteiger partial charge in [0, 0.05) is 6.04 Å². The quantitative estimate of drug-likeness (QED) is 0.577. The van der Waals surface area contributed by atoms with E-state index in [1.165, 1.54) is 19.3 Å². The average Bonchev–Trinajstić information content (AvgIpc) is 2.46. The lowest BCUT2D eigenvalue weighted by atomic mass is 9.93. The van der Waals surface area contributed by atoms with E-state index in [2.05, 4.69) is 22.2 Å². The normalized spacial score (nSPS) is 27.4. The highest BCUT2D eigenvalue weighted by Gasteiger charge is 2.35. The molecule has 0 spiro atoms. The number of hydrazine groups is 1. The Kier molecular flexibility index (Phi) is 6.37. The minimum Gasteiger partial charge on any atom is -0.475 e. The molecule has 7 heteroatoms. The van der Waals surface area contributed by atoms with Gasteiger partial charge in [-0.2, -0.15) is 0 Å². The summed E-state index contributed by atoms with van der Waals surface area (Å²) < 4.78 is 46.2. The first-order valence-electron chi connectivity index (χ1n) is 8.04. The maximum absolute atomic E-state index is 12.1. The van der Waals surface area contributed by atoms with Crippen LogP contribution in [0.15, 0.2) is 12.5 Å². The van der Waals surface area contributed by atoms with Crippen molar-refractivity contribution in [2.24, 2.45) is 0 Å². The van der Waals surface area contributed by atoms with Gasteiger partial charge in [0.25, 0.3) is 0 Å². The number of rotatable bonds is 6. The van der Waals surface area contributed by atoms with Gasteiger partial charge in [0.15, 0.2) is 5.88 Å². The van der Waals surface area contributed by atoms with E-state index in [-0.39, 0.29) is 12.1 Å². The molecule has 0 amide bonds. The summed E-state index contributed by atoms with van der Waals surface area (Å²) >= 11 is 0. The van der Waals surface area contributed by atoms with Crippen LogP contribution in [0.4, 0.5) is 13.2 Å². The molecule has 128 valence electrons. The molecular weight excluding hydrogens is 297 g/mol. The molecule has 0 aromatic rings. The van der Waals surface area contributed by atoms with Gasteiger partial charge in [-0.25, -0.2) is 5.43 Å². The molecule has 2 fully saturated rings. The van der Waals surface area contributed by atoms with Crippen molar-refractivity contribution in [3.05, 3.63) is 12.5 Å². The van der Waals surface area contributed by atoms with Gasteiger partial charge in [-0.1, -0.05) is 6.42 Å². The van der Waals surface area contributed by atoms with Crippen LogP contribution >= 0.6 is 0 Å². The Balaban J connectivity index is 1.59. The predicted octanol–water partition coefficient (Wildman–Crippen LogP) is 3.75. The second kappa shape index (κ2) is 8.06. The Morgan fingerprint density at radius 2 is 1.55 bits per heavy atom. The van der Waals surface area contributed by atoms with Crippen molar-refractivity contribution in [2.75, 3.05) is 0 Å². The standard InChI is InChI=1S/C15H25F3N2O2/c1-11(21-13-5-3-2-4-6-13)19-20-12-7-9-14(10-8-12)22-15(16,17)18/h12-14,19-20H,1-10H2. The molecule has 2 aliphatic carbocycles. The molecule has 2 aliphatic rings. The molecular formula is C15H25F3N2O2. The third-order valence-corrected chi connectivity index (χ3v) is 4.25. The van der Waals surface area contributed by atoms with Gasteiger partial charge in [-0.3, -0.25) is 10.2 Å². The van der Waals surface area contributed by atoms with E-state index in [1.54, 1.807) is 0 Å². The minimum atomic E-state index is -4.54. The van der Waals surface area contributed by atoms with Crippen LogP contribution < -0.4 is 10.9 Å². The van der Waals surface area contributed by atoms with Gasteiger partial charge in [0.1, 0.15) is 6.10 Å². The third kappa shape index (κ3) is 6.44. The van der Waals surface area contributed by atoms with Gasteiger partial charge in [0.2, 0.25) is 0 Å². The Labute approximate surface area is 129 Å². The zero-order valence-corrected chi connectivity index (χ0v) is 12.8. The van der Waals surface area contributed by atoms with Crippen LogP contribution in [0.1, 0.15) is 57.8 Å².